The van der Waals surface area contributed by atoms with E-state index < -0.39 is 12.8 Å². The first-order valence-electron chi connectivity index (χ1n) is 7.28. The molecule has 0 spiro atoms. The van der Waals surface area contributed by atoms with E-state index in [9.17, 15) is 13.2 Å². The molecular formula is C17H13F3N4O. The zero-order chi connectivity index (χ0) is 17.9. The summed E-state index contributed by atoms with van der Waals surface area (Å²) in [5.74, 6) is 0.0829. The zero-order valence-electron chi connectivity index (χ0n) is 12.9. The summed E-state index contributed by atoms with van der Waals surface area (Å²) in [6.45, 7) is -1.37. The van der Waals surface area contributed by atoms with Crippen LogP contribution in [0.3, 0.4) is 0 Å². The van der Waals surface area contributed by atoms with Crippen molar-refractivity contribution in [2.75, 3.05) is 12.3 Å². The van der Waals surface area contributed by atoms with Gasteiger partial charge in [0.15, 0.2) is 6.61 Å². The number of hydrogen-bond acceptors (Lipinski definition) is 5. The quantitative estimate of drug-likeness (QED) is 0.779. The van der Waals surface area contributed by atoms with Crippen molar-refractivity contribution >= 4 is 5.95 Å². The highest BCUT2D eigenvalue weighted by Gasteiger charge is 2.28. The average Bonchev–Trinajstić information content (AvgIpc) is 2.60. The van der Waals surface area contributed by atoms with Crippen molar-refractivity contribution < 1.29 is 17.9 Å². The third-order valence-electron chi connectivity index (χ3n) is 3.26. The van der Waals surface area contributed by atoms with Crippen molar-refractivity contribution in [3.63, 3.8) is 0 Å². The lowest BCUT2D eigenvalue weighted by molar-refractivity contribution is -0.153. The average molecular weight is 346 g/mol. The van der Waals surface area contributed by atoms with Gasteiger partial charge in [0.05, 0.1) is 0 Å². The number of nitrogens with two attached hydrogens (primary N) is 1. The minimum atomic E-state index is -4.41. The van der Waals surface area contributed by atoms with Gasteiger partial charge >= 0.3 is 6.18 Å². The lowest BCUT2D eigenvalue weighted by atomic mass is 10.0. The molecule has 0 amide bonds. The fourth-order valence-electron chi connectivity index (χ4n) is 2.23. The first-order chi connectivity index (χ1) is 11.9. The van der Waals surface area contributed by atoms with E-state index in [4.69, 9.17) is 10.5 Å². The summed E-state index contributed by atoms with van der Waals surface area (Å²) < 4.78 is 41.8. The Hall–Kier alpha value is -3.16. The number of anilines is 1. The third kappa shape index (κ3) is 4.23. The molecule has 0 saturated carbocycles. The number of hydrogen-bond donors (Lipinski definition) is 1. The fourth-order valence-corrected chi connectivity index (χ4v) is 2.23. The van der Waals surface area contributed by atoms with Gasteiger partial charge in [-0.3, -0.25) is 0 Å². The molecule has 0 fully saturated rings. The fraction of sp³-hybridized carbons (Fsp3) is 0.118. The molecule has 0 atom stereocenters. The van der Waals surface area contributed by atoms with Crippen molar-refractivity contribution in [3.05, 3.63) is 54.6 Å². The monoisotopic (exact) mass is 346 g/mol. The zero-order valence-corrected chi connectivity index (χ0v) is 12.9. The van der Waals surface area contributed by atoms with Gasteiger partial charge in [-0.25, -0.2) is 4.98 Å². The van der Waals surface area contributed by atoms with E-state index in [0.717, 1.165) is 5.56 Å². The van der Waals surface area contributed by atoms with Crippen molar-refractivity contribution in [2.24, 2.45) is 0 Å². The molecule has 2 N–H and O–H groups in total. The number of benzene rings is 2. The van der Waals surface area contributed by atoms with Crippen LogP contribution in [0, 0.1) is 0 Å². The lowest BCUT2D eigenvalue weighted by Crippen LogP contribution is -2.19. The van der Waals surface area contributed by atoms with E-state index in [1.807, 2.05) is 30.3 Å². The molecule has 8 heteroatoms. The maximum atomic E-state index is 12.3. The van der Waals surface area contributed by atoms with Gasteiger partial charge in [-0.15, -0.1) is 10.2 Å². The van der Waals surface area contributed by atoms with Crippen molar-refractivity contribution in [1.82, 2.24) is 15.2 Å². The Morgan fingerprint density at radius 1 is 0.880 bits per heavy atom. The summed E-state index contributed by atoms with van der Waals surface area (Å²) >= 11 is 0. The summed E-state index contributed by atoms with van der Waals surface area (Å²) in [5.41, 5.74) is 7.81. The van der Waals surface area contributed by atoms with Gasteiger partial charge in [0, 0.05) is 11.1 Å². The number of rotatable bonds is 4. The minimum absolute atomic E-state index is 0.00655. The predicted molar refractivity (Wildman–Crippen MR) is 86.7 cm³/mol. The second kappa shape index (κ2) is 6.76. The van der Waals surface area contributed by atoms with Gasteiger partial charge in [0.1, 0.15) is 17.1 Å². The van der Waals surface area contributed by atoms with Crippen LogP contribution in [0.4, 0.5) is 19.1 Å². The molecule has 25 heavy (non-hydrogen) atoms. The van der Waals surface area contributed by atoms with Gasteiger partial charge < -0.3 is 10.5 Å². The van der Waals surface area contributed by atoms with Gasteiger partial charge in [-0.1, -0.05) is 42.5 Å². The smallest absolute Gasteiger partial charge is 0.422 e. The van der Waals surface area contributed by atoms with Crippen LogP contribution in [0.1, 0.15) is 0 Å². The van der Waals surface area contributed by atoms with Crippen LogP contribution in [0.25, 0.3) is 22.5 Å². The van der Waals surface area contributed by atoms with Gasteiger partial charge in [-0.05, 0) is 12.1 Å². The summed E-state index contributed by atoms with van der Waals surface area (Å²) in [6.07, 6.45) is -4.41. The van der Waals surface area contributed by atoms with E-state index in [1.165, 1.54) is 12.1 Å². The van der Waals surface area contributed by atoms with Gasteiger partial charge in [-0.2, -0.15) is 13.2 Å². The Kier molecular flexibility index (Phi) is 4.51. The van der Waals surface area contributed by atoms with Crippen molar-refractivity contribution in [1.29, 1.82) is 0 Å². The Bertz CT molecular complexity index is 869. The Morgan fingerprint density at radius 3 is 2.32 bits per heavy atom. The maximum absolute atomic E-state index is 12.3. The highest BCUT2D eigenvalue weighted by molar-refractivity contribution is 5.78. The van der Waals surface area contributed by atoms with Crippen LogP contribution < -0.4 is 10.5 Å². The van der Waals surface area contributed by atoms with Crippen LogP contribution >= 0.6 is 0 Å². The van der Waals surface area contributed by atoms with Crippen molar-refractivity contribution in [3.8, 4) is 28.3 Å². The van der Waals surface area contributed by atoms with Crippen LogP contribution in [0.5, 0.6) is 5.75 Å². The van der Waals surface area contributed by atoms with Crippen molar-refractivity contribution in [2.45, 2.75) is 6.18 Å². The Labute approximate surface area is 141 Å². The molecule has 0 bridgehead atoms. The van der Waals surface area contributed by atoms with Crippen LogP contribution in [-0.4, -0.2) is 28.0 Å². The highest BCUT2D eigenvalue weighted by Crippen LogP contribution is 2.31. The summed E-state index contributed by atoms with van der Waals surface area (Å²) in [6, 6.07) is 15.3. The number of alkyl halides is 3. The number of nitrogen functional groups attached to an aromatic ring is 1. The second-order valence-corrected chi connectivity index (χ2v) is 5.16. The topological polar surface area (TPSA) is 73.9 Å². The number of nitrogens with zero attached hydrogens (tertiary/aromatic N) is 3. The Morgan fingerprint density at radius 2 is 1.60 bits per heavy atom. The molecule has 0 aliphatic rings. The minimum Gasteiger partial charge on any atom is -0.484 e. The standard InChI is InChI=1S/C17H13F3N4O/c18-17(19,20)10-25-13-8-4-7-12(9-13)15-14(22-16(21)24-23-15)11-5-2-1-3-6-11/h1-9H,10H2,(H2,21,22,24). The molecule has 3 aromatic rings. The molecule has 2 aromatic carbocycles. The molecule has 0 saturated heterocycles. The van der Waals surface area contributed by atoms with Crippen LogP contribution in [-0.2, 0) is 0 Å². The molecule has 0 radical (unpaired) electrons. The molecule has 3 rings (SSSR count). The molecular weight excluding hydrogens is 333 g/mol. The number of aromatic nitrogens is 3. The molecule has 1 heterocycles. The van der Waals surface area contributed by atoms with E-state index in [1.54, 1.807) is 12.1 Å². The van der Waals surface area contributed by atoms with E-state index in [0.29, 0.717) is 17.0 Å². The van der Waals surface area contributed by atoms with E-state index >= 15 is 0 Å². The Balaban J connectivity index is 2.00. The molecule has 5 nitrogen and oxygen atoms in total. The number of ether oxygens (including phenoxy) is 1. The maximum Gasteiger partial charge on any atom is 0.422 e. The summed E-state index contributed by atoms with van der Waals surface area (Å²) in [7, 11) is 0. The first kappa shape index (κ1) is 16.7. The largest absolute Gasteiger partial charge is 0.484 e. The molecule has 0 aliphatic heterocycles. The van der Waals surface area contributed by atoms with E-state index in [-0.39, 0.29) is 11.7 Å². The number of halogens is 3. The normalized spacial score (nSPS) is 11.3. The lowest BCUT2D eigenvalue weighted by Gasteiger charge is -2.11. The van der Waals surface area contributed by atoms with Crippen LogP contribution in [0.15, 0.2) is 54.6 Å². The second-order valence-electron chi connectivity index (χ2n) is 5.16. The first-order valence-corrected chi connectivity index (χ1v) is 7.28. The van der Waals surface area contributed by atoms with Gasteiger partial charge in [0.2, 0.25) is 5.95 Å². The summed E-state index contributed by atoms with van der Waals surface area (Å²) in [4.78, 5) is 4.22. The van der Waals surface area contributed by atoms with E-state index in [2.05, 4.69) is 15.2 Å². The molecule has 1 aromatic heterocycles. The SMILES string of the molecule is Nc1nnc(-c2cccc(OCC(F)(F)F)c2)c(-c2ccccc2)n1. The third-order valence-corrected chi connectivity index (χ3v) is 3.26. The predicted octanol–water partition coefficient (Wildman–Crippen LogP) is 3.73. The van der Waals surface area contributed by atoms with Gasteiger partial charge in [0.25, 0.3) is 0 Å². The summed E-state index contributed by atoms with van der Waals surface area (Å²) in [5, 5.41) is 7.81. The highest BCUT2D eigenvalue weighted by atomic mass is 19.4. The molecule has 0 unspecified atom stereocenters. The molecule has 0 aliphatic carbocycles. The molecule has 128 valence electrons. The van der Waals surface area contributed by atoms with Crippen LogP contribution in [0.2, 0.25) is 0 Å².